The van der Waals surface area contributed by atoms with Crippen LogP contribution in [0.25, 0.3) is 0 Å². The summed E-state index contributed by atoms with van der Waals surface area (Å²) >= 11 is 0. The first-order valence-corrected chi connectivity index (χ1v) is 8.08. The third kappa shape index (κ3) is 4.42. The van der Waals surface area contributed by atoms with Gasteiger partial charge in [0.2, 0.25) is 5.91 Å². The smallest absolute Gasteiger partial charge is 0.230 e. The summed E-state index contributed by atoms with van der Waals surface area (Å²) in [4.78, 5) is 12.8. The zero-order valence-corrected chi connectivity index (χ0v) is 13.8. The number of carbonyl (C=O) groups is 1. The number of aliphatic hydroxyl groups excluding tert-OH is 1. The molecule has 23 heavy (non-hydrogen) atoms. The van der Waals surface area contributed by atoms with Gasteiger partial charge in [0, 0.05) is 6.61 Å². The lowest BCUT2D eigenvalue weighted by atomic mass is 9.83. The Hall–Kier alpha value is -2.13. The molecule has 1 atom stereocenters. The Labute approximate surface area is 138 Å². The fourth-order valence-corrected chi connectivity index (χ4v) is 2.63. The van der Waals surface area contributed by atoms with Crippen molar-refractivity contribution in [1.29, 1.82) is 0 Å². The van der Waals surface area contributed by atoms with Crippen LogP contribution in [0.4, 0.5) is 0 Å². The zero-order chi connectivity index (χ0) is 16.7. The number of amides is 1. The Morgan fingerprint density at radius 2 is 1.61 bits per heavy atom. The van der Waals surface area contributed by atoms with Crippen LogP contribution in [0, 0.1) is 0 Å². The second-order valence-corrected chi connectivity index (χ2v) is 6.29. The van der Waals surface area contributed by atoms with Crippen LogP contribution >= 0.6 is 0 Å². The summed E-state index contributed by atoms with van der Waals surface area (Å²) in [7, 11) is 0. The minimum atomic E-state index is -0.604. The predicted octanol–water partition coefficient (Wildman–Crippen LogP) is 3.59. The molecule has 122 valence electrons. The van der Waals surface area contributed by atoms with E-state index in [1.807, 2.05) is 74.5 Å². The summed E-state index contributed by atoms with van der Waals surface area (Å²) in [6, 6.07) is 19.6. The van der Waals surface area contributed by atoms with Gasteiger partial charge in [0.15, 0.2) is 0 Å². The fraction of sp³-hybridized carbons (Fsp3) is 0.350. The van der Waals surface area contributed by atoms with Crippen molar-refractivity contribution in [2.75, 3.05) is 6.61 Å². The van der Waals surface area contributed by atoms with Gasteiger partial charge in [-0.25, -0.2) is 0 Å². The van der Waals surface area contributed by atoms with Gasteiger partial charge in [0.1, 0.15) is 0 Å². The van der Waals surface area contributed by atoms with Crippen LogP contribution in [0.5, 0.6) is 0 Å². The molecule has 0 fully saturated rings. The van der Waals surface area contributed by atoms with Gasteiger partial charge in [-0.3, -0.25) is 4.79 Å². The summed E-state index contributed by atoms with van der Waals surface area (Å²) in [5.74, 6) is -0.00417. The third-order valence-corrected chi connectivity index (χ3v) is 4.22. The van der Waals surface area contributed by atoms with Crippen LogP contribution in [0.2, 0.25) is 0 Å². The van der Waals surface area contributed by atoms with Gasteiger partial charge < -0.3 is 10.4 Å². The van der Waals surface area contributed by atoms with Crippen molar-refractivity contribution < 1.29 is 9.90 Å². The van der Waals surface area contributed by atoms with E-state index in [9.17, 15) is 4.79 Å². The Morgan fingerprint density at radius 3 is 2.17 bits per heavy atom. The first-order chi connectivity index (χ1) is 11.1. The molecule has 0 saturated carbocycles. The minimum absolute atomic E-state index is 0.00417. The highest BCUT2D eigenvalue weighted by atomic mass is 16.3. The Balaban J connectivity index is 2.17. The lowest BCUT2D eigenvalue weighted by Gasteiger charge is -2.28. The molecule has 3 nitrogen and oxygen atoms in total. The summed E-state index contributed by atoms with van der Waals surface area (Å²) in [5.41, 5.74) is 1.46. The molecule has 1 unspecified atom stereocenters. The topological polar surface area (TPSA) is 49.3 Å². The quantitative estimate of drug-likeness (QED) is 0.821. The number of nitrogens with one attached hydrogen (secondary N) is 1. The molecule has 0 heterocycles. The standard InChI is InChI=1S/C20H25NO2/c1-20(2,17-12-7-4-8-13-17)19(23)21-18(14-9-15-22)16-10-5-3-6-11-16/h3-8,10-13,18,22H,9,14-15H2,1-2H3,(H,21,23). The highest BCUT2D eigenvalue weighted by molar-refractivity contribution is 5.87. The zero-order valence-electron chi connectivity index (χ0n) is 13.8. The van der Waals surface area contributed by atoms with Crippen molar-refractivity contribution in [2.24, 2.45) is 0 Å². The molecule has 0 bridgehead atoms. The molecule has 2 aromatic rings. The molecular formula is C20H25NO2. The highest BCUT2D eigenvalue weighted by Crippen LogP contribution is 2.26. The van der Waals surface area contributed by atoms with Gasteiger partial charge in [-0.15, -0.1) is 0 Å². The lowest BCUT2D eigenvalue weighted by Crippen LogP contribution is -2.42. The summed E-state index contributed by atoms with van der Waals surface area (Å²) in [6.07, 6.45) is 1.38. The van der Waals surface area contributed by atoms with E-state index < -0.39 is 5.41 Å². The van der Waals surface area contributed by atoms with Gasteiger partial charge in [-0.05, 0) is 37.8 Å². The first-order valence-electron chi connectivity index (χ1n) is 8.08. The van der Waals surface area contributed by atoms with Crippen molar-refractivity contribution in [3.05, 3.63) is 71.8 Å². The van der Waals surface area contributed by atoms with Crippen molar-refractivity contribution >= 4 is 5.91 Å². The number of hydrogen-bond acceptors (Lipinski definition) is 2. The SMILES string of the molecule is CC(C)(C(=O)NC(CCCO)c1ccccc1)c1ccccc1. The van der Waals surface area contributed by atoms with E-state index >= 15 is 0 Å². The van der Waals surface area contributed by atoms with E-state index in [2.05, 4.69) is 5.32 Å². The second-order valence-electron chi connectivity index (χ2n) is 6.29. The van der Waals surface area contributed by atoms with Crippen molar-refractivity contribution in [3.63, 3.8) is 0 Å². The van der Waals surface area contributed by atoms with Gasteiger partial charge in [0.25, 0.3) is 0 Å². The van der Waals surface area contributed by atoms with Crippen molar-refractivity contribution in [2.45, 2.75) is 38.1 Å². The van der Waals surface area contributed by atoms with E-state index in [0.717, 1.165) is 17.5 Å². The number of rotatable bonds is 7. The normalized spacial score (nSPS) is 12.7. The molecule has 2 N–H and O–H groups in total. The van der Waals surface area contributed by atoms with E-state index in [1.165, 1.54) is 0 Å². The van der Waals surface area contributed by atoms with Gasteiger partial charge in [0.05, 0.1) is 11.5 Å². The molecule has 0 aliphatic heterocycles. The molecule has 0 aliphatic rings. The van der Waals surface area contributed by atoms with E-state index in [-0.39, 0.29) is 18.6 Å². The average molecular weight is 311 g/mol. The summed E-state index contributed by atoms with van der Waals surface area (Å²) in [5, 5.41) is 12.3. The fourth-order valence-electron chi connectivity index (χ4n) is 2.63. The maximum atomic E-state index is 12.8. The van der Waals surface area contributed by atoms with Crippen molar-refractivity contribution in [1.82, 2.24) is 5.32 Å². The van der Waals surface area contributed by atoms with E-state index in [4.69, 9.17) is 5.11 Å². The number of hydrogen-bond donors (Lipinski definition) is 2. The molecule has 2 rings (SSSR count). The van der Waals surface area contributed by atoms with Crippen LogP contribution in [0.15, 0.2) is 60.7 Å². The summed E-state index contributed by atoms with van der Waals surface area (Å²) < 4.78 is 0. The molecular weight excluding hydrogens is 286 g/mol. The molecule has 0 spiro atoms. The molecule has 0 saturated heterocycles. The molecule has 0 aliphatic carbocycles. The Bertz CT molecular complexity index is 608. The molecule has 0 radical (unpaired) electrons. The maximum Gasteiger partial charge on any atom is 0.230 e. The first kappa shape index (κ1) is 17.2. The van der Waals surface area contributed by atoms with E-state index in [1.54, 1.807) is 0 Å². The molecule has 3 heteroatoms. The Kier molecular flexibility index (Phi) is 5.94. The van der Waals surface area contributed by atoms with E-state index in [0.29, 0.717) is 6.42 Å². The van der Waals surface area contributed by atoms with Crippen molar-refractivity contribution in [3.8, 4) is 0 Å². The van der Waals surface area contributed by atoms with Gasteiger partial charge >= 0.3 is 0 Å². The van der Waals surface area contributed by atoms with Crippen LogP contribution < -0.4 is 5.32 Å². The predicted molar refractivity (Wildman–Crippen MR) is 93.1 cm³/mol. The lowest BCUT2D eigenvalue weighted by molar-refractivity contribution is -0.126. The van der Waals surface area contributed by atoms with Gasteiger partial charge in [-0.1, -0.05) is 60.7 Å². The second kappa shape index (κ2) is 7.93. The van der Waals surface area contributed by atoms with Crippen LogP contribution in [0.3, 0.4) is 0 Å². The maximum absolute atomic E-state index is 12.8. The number of carbonyl (C=O) groups excluding carboxylic acids is 1. The average Bonchev–Trinajstić information content (AvgIpc) is 2.59. The molecule has 2 aromatic carbocycles. The van der Waals surface area contributed by atoms with Crippen LogP contribution in [-0.4, -0.2) is 17.6 Å². The largest absolute Gasteiger partial charge is 0.396 e. The van der Waals surface area contributed by atoms with Crippen LogP contribution in [-0.2, 0) is 10.2 Å². The summed E-state index contributed by atoms with van der Waals surface area (Å²) in [6.45, 7) is 4.00. The highest BCUT2D eigenvalue weighted by Gasteiger charge is 2.31. The number of aliphatic hydroxyl groups is 1. The molecule has 1 amide bonds. The van der Waals surface area contributed by atoms with Gasteiger partial charge in [-0.2, -0.15) is 0 Å². The van der Waals surface area contributed by atoms with Crippen LogP contribution in [0.1, 0.15) is 43.9 Å². The monoisotopic (exact) mass is 311 g/mol. The Morgan fingerprint density at radius 1 is 1.04 bits per heavy atom. The minimum Gasteiger partial charge on any atom is -0.396 e. The molecule has 0 aromatic heterocycles. The number of benzene rings is 2. The third-order valence-electron chi connectivity index (χ3n) is 4.22.